The Kier molecular flexibility index (Phi) is 4.94. The molecule has 0 radical (unpaired) electrons. The van der Waals surface area contributed by atoms with Crippen LogP contribution >= 0.6 is 11.6 Å². The standard InChI is InChI=1S/C25H17ClN4O/c26-18-12-10-17(11-13-18)23-15-27-25(29-23)30-24(31)20-14-22(16-6-2-1-3-7-16)28-21-9-5-4-8-19(20)21/h1-15H,(H2,27,29,30,31). The van der Waals surface area contributed by atoms with Gasteiger partial charge in [0.15, 0.2) is 0 Å². The lowest BCUT2D eigenvalue weighted by atomic mass is 10.0. The molecular formula is C25H17ClN4O. The van der Waals surface area contributed by atoms with Crippen molar-refractivity contribution in [1.29, 1.82) is 0 Å². The molecule has 0 saturated carbocycles. The molecule has 0 aliphatic carbocycles. The molecule has 0 atom stereocenters. The number of anilines is 1. The highest BCUT2D eigenvalue weighted by Crippen LogP contribution is 2.26. The maximum absolute atomic E-state index is 13.2. The lowest BCUT2D eigenvalue weighted by Gasteiger charge is -2.09. The number of pyridine rings is 1. The number of imidazole rings is 1. The fourth-order valence-corrected chi connectivity index (χ4v) is 3.58. The Labute approximate surface area is 183 Å². The van der Waals surface area contributed by atoms with E-state index in [9.17, 15) is 4.79 Å². The molecule has 6 heteroatoms. The van der Waals surface area contributed by atoms with Crippen LogP contribution in [-0.4, -0.2) is 20.9 Å². The summed E-state index contributed by atoms with van der Waals surface area (Å²) in [5.41, 5.74) is 4.70. The van der Waals surface area contributed by atoms with Crippen molar-refractivity contribution in [2.45, 2.75) is 0 Å². The molecule has 1 amide bonds. The van der Waals surface area contributed by atoms with E-state index in [1.165, 1.54) is 0 Å². The van der Waals surface area contributed by atoms with Crippen LogP contribution in [0.15, 0.2) is 91.1 Å². The van der Waals surface area contributed by atoms with Gasteiger partial charge in [0.25, 0.3) is 5.91 Å². The Morgan fingerprint density at radius 1 is 0.871 bits per heavy atom. The Morgan fingerprint density at radius 2 is 1.61 bits per heavy atom. The summed E-state index contributed by atoms with van der Waals surface area (Å²) in [5.74, 6) is 0.116. The molecule has 0 aliphatic heterocycles. The molecular weight excluding hydrogens is 408 g/mol. The van der Waals surface area contributed by atoms with Crippen LogP contribution in [0.4, 0.5) is 5.95 Å². The number of para-hydroxylation sites is 1. The molecule has 0 bridgehead atoms. The van der Waals surface area contributed by atoms with Gasteiger partial charge >= 0.3 is 0 Å². The average Bonchev–Trinajstić information content (AvgIpc) is 3.27. The second kappa shape index (κ2) is 8.05. The monoisotopic (exact) mass is 424 g/mol. The number of hydrogen-bond acceptors (Lipinski definition) is 3. The first kappa shape index (κ1) is 19.0. The van der Waals surface area contributed by atoms with E-state index in [0.29, 0.717) is 16.5 Å². The SMILES string of the molecule is O=C(Nc1ncc(-c2ccc(Cl)cc2)[nH]1)c1cc(-c2ccccc2)nc2ccccc12. The molecule has 3 aromatic carbocycles. The third kappa shape index (κ3) is 3.91. The van der Waals surface area contributed by atoms with Gasteiger partial charge in [-0.15, -0.1) is 0 Å². The van der Waals surface area contributed by atoms with Gasteiger partial charge in [-0.05, 0) is 29.8 Å². The van der Waals surface area contributed by atoms with Gasteiger partial charge < -0.3 is 4.98 Å². The van der Waals surface area contributed by atoms with Crippen LogP contribution in [0.2, 0.25) is 5.02 Å². The summed E-state index contributed by atoms with van der Waals surface area (Å²) in [4.78, 5) is 25.4. The molecule has 0 aliphatic rings. The largest absolute Gasteiger partial charge is 0.324 e. The van der Waals surface area contributed by atoms with E-state index in [-0.39, 0.29) is 5.91 Å². The van der Waals surface area contributed by atoms with E-state index in [0.717, 1.165) is 33.4 Å². The van der Waals surface area contributed by atoms with E-state index in [1.807, 2.05) is 84.9 Å². The van der Waals surface area contributed by atoms with Crippen molar-refractivity contribution in [2.75, 3.05) is 5.32 Å². The van der Waals surface area contributed by atoms with Crippen molar-refractivity contribution in [3.63, 3.8) is 0 Å². The summed E-state index contributed by atoms with van der Waals surface area (Å²) >= 11 is 5.96. The number of benzene rings is 3. The van der Waals surface area contributed by atoms with Gasteiger partial charge in [-0.1, -0.05) is 72.3 Å². The number of H-pyrrole nitrogens is 1. The van der Waals surface area contributed by atoms with Crippen LogP contribution in [0.3, 0.4) is 0 Å². The predicted molar refractivity (Wildman–Crippen MR) is 124 cm³/mol. The molecule has 2 heterocycles. The Bertz CT molecular complexity index is 1380. The maximum atomic E-state index is 13.2. The lowest BCUT2D eigenvalue weighted by Crippen LogP contribution is -2.14. The van der Waals surface area contributed by atoms with Crippen molar-refractivity contribution in [3.8, 4) is 22.5 Å². The number of rotatable bonds is 4. The van der Waals surface area contributed by atoms with E-state index < -0.39 is 0 Å². The first-order valence-corrected chi connectivity index (χ1v) is 10.1. The zero-order valence-corrected chi connectivity index (χ0v) is 17.1. The summed E-state index contributed by atoms with van der Waals surface area (Å²) in [6.45, 7) is 0. The van der Waals surface area contributed by atoms with Crippen LogP contribution in [0.5, 0.6) is 0 Å². The normalized spacial score (nSPS) is 10.9. The highest BCUT2D eigenvalue weighted by atomic mass is 35.5. The van der Waals surface area contributed by atoms with Crippen molar-refractivity contribution in [2.24, 2.45) is 0 Å². The molecule has 0 fully saturated rings. The highest BCUT2D eigenvalue weighted by Gasteiger charge is 2.15. The minimum absolute atomic E-state index is 0.257. The first-order valence-electron chi connectivity index (χ1n) is 9.75. The Balaban J connectivity index is 1.49. The van der Waals surface area contributed by atoms with Gasteiger partial charge in [0.05, 0.1) is 28.7 Å². The van der Waals surface area contributed by atoms with Gasteiger partial charge in [0.2, 0.25) is 5.95 Å². The molecule has 5 nitrogen and oxygen atoms in total. The summed E-state index contributed by atoms with van der Waals surface area (Å²) in [7, 11) is 0. The number of carbonyl (C=O) groups excluding carboxylic acids is 1. The molecule has 0 unspecified atom stereocenters. The molecule has 0 spiro atoms. The molecule has 2 N–H and O–H groups in total. The molecule has 5 rings (SSSR count). The van der Waals surface area contributed by atoms with E-state index >= 15 is 0 Å². The predicted octanol–water partition coefficient (Wildman–Crippen LogP) is 6.20. The van der Waals surface area contributed by atoms with Crippen LogP contribution < -0.4 is 5.32 Å². The van der Waals surface area contributed by atoms with Crippen molar-refractivity contribution in [3.05, 3.63) is 102 Å². The van der Waals surface area contributed by atoms with Crippen LogP contribution in [-0.2, 0) is 0 Å². The van der Waals surface area contributed by atoms with Gasteiger partial charge in [0, 0.05) is 16.0 Å². The van der Waals surface area contributed by atoms with Crippen molar-refractivity contribution < 1.29 is 4.79 Å². The molecule has 2 aromatic heterocycles. The molecule has 5 aromatic rings. The Hall–Kier alpha value is -3.96. The number of hydrogen-bond donors (Lipinski definition) is 2. The van der Waals surface area contributed by atoms with E-state index in [2.05, 4.69) is 15.3 Å². The number of fused-ring (bicyclic) bond motifs is 1. The van der Waals surface area contributed by atoms with Crippen molar-refractivity contribution in [1.82, 2.24) is 15.0 Å². The summed E-state index contributed by atoms with van der Waals surface area (Å²) in [6.07, 6.45) is 1.68. The summed E-state index contributed by atoms with van der Waals surface area (Å²) < 4.78 is 0. The highest BCUT2D eigenvalue weighted by molar-refractivity contribution is 6.30. The minimum Gasteiger partial charge on any atom is -0.324 e. The molecule has 0 saturated heterocycles. The Morgan fingerprint density at radius 3 is 2.42 bits per heavy atom. The number of nitrogens with one attached hydrogen (secondary N) is 2. The number of aromatic nitrogens is 3. The zero-order valence-electron chi connectivity index (χ0n) is 16.3. The minimum atomic E-state index is -0.257. The zero-order chi connectivity index (χ0) is 21.2. The molecule has 150 valence electrons. The quantitative estimate of drug-likeness (QED) is 0.361. The van der Waals surface area contributed by atoms with Gasteiger partial charge in [-0.3, -0.25) is 10.1 Å². The van der Waals surface area contributed by atoms with Crippen molar-refractivity contribution >= 4 is 34.4 Å². The number of nitrogens with zero attached hydrogens (tertiary/aromatic N) is 2. The van der Waals surface area contributed by atoms with Gasteiger partial charge in [-0.25, -0.2) is 9.97 Å². The summed E-state index contributed by atoms with van der Waals surface area (Å²) in [5, 5.41) is 4.32. The lowest BCUT2D eigenvalue weighted by molar-refractivity contribution is 0.102. The second-order valence-corrected chi connectivity index (χ2v) is 7.48. The van der Waals surface area contributed by atoms with Gasteiger partial charge in [0.1, 0.15) is 0 Å². The maximum Gasteiger partial charge on any atom is 0.258 e. The summed E-state index contributed by atoms with van der Waals surface area (Å²) in [6, 6.07) is 26.6. The second-order valence-electron chi connectivity index (χ2n) is 7.04. The first-order chi connectivity index (χ1) is 15.2. The van der Waals surface area contributed by atoms with Crippen LogP contribution in [0.25, 0.3) is 33.4 Å². The van der Waals surface area contributed by atoms with Crippen LogP contribution in [0.1, 0.15) is 10.4 Å². The number of aromatic amines is 1. The van der Waals surface area contributed by atoms with Gasteiger partial charge in [-0.2, -0.15) is 0 Å². The average molecular weight is 425 g/mol. The van der Waals surface area contributed by atoms with E-state index in [4.69, 9.17) is 16.6 Å². The third-order valence-electron chi connectivity index (χ3n) is 4.99. The topological polar surface area (TPSA) is 70.7 Å². The fourth-order valence-electron chi connectivity index (χ4n) is 3.46. The van der Waals surface area contributed by atoms with E-state index in [1.54, 1.807) is 6.20 Å². The number of halogens is 1. The molecule has 31 heavy (non-hydrogen) atoms. The number of amides is 1. The van der Waals surface area contributed by atoms with Crippen LogP contribution in [0, 0.1) is 0 Å². The fraction of sp³-hybridized carbons (Fsp3) is 0. The number of carbonyl (C=O) groups is 1. The smallest absolute Gasteiger partial charge is 0.258 e. The third-order valence-corrected chi connectivity index (χ3v) is 5.25.